The summed E-state index contributed by atoms with van der Waals surface area (Å²) < 4.78 is 4.32. The van der Waals surface area contributed by atoms with Crippen molar-refractivity contribution in [2.45, 2.75) is 20.0 Å². The van der Waals surface area contributed by atoms with Gasteiger partial charge in [0.25, 0.3) is 0 Å². The monoisotopic (exact) mass is 324 g/mol. The van der Waals surface area contributed by atoms with Crippen molar-refractivity contribution in [3.05, 3.63) is 54.5 Å². The Kier molecular flexibility index (Phi) is 4.32. The van der Waals surface area contributed by atoms with Gasteiger partial charge >= 0.3 is 0 Å². The van der Waals surface area contributed by atoms with Crippen LogP contribution in [0.15, 0.2) is 43.0 Å². The van der Waals surface area contributed by atoms with Crippen LogP contribution in [0.25, 0.3) is 5.65 Å². The first-order valence-electron chi connectivity index (χ1n) is 8.63. The van der Waals surface area contributed by atoms with Crippen LogP contribution < -0.4 is 0 Å². The molecule has 0 aliphatic carbocycles. The predicted octanol–water partition coefficient (Wildman–Crippen LogP) is 1.66. The van der Waals surface area contributed by atoms with E-state index in [9.17, 15) is 0 Å². The minimum atomic E-state index is 0.941. The molecule has 6 heteroatoms. The highest BCUT2D eigenvalue weighted by Crippen LogP contribution is 2.10. The summed E-state index contributed by atoms with van der Waals surface area (Å²) in [6.45, 7) is 9.59. The normalized spacial score (nSPS) is 16.9. The topological polar surface area (TPSA) is 41.6 Å². The maximum atomic E-state index is 4.70. The minimum absolute atomic E-state index is 0.941. The standard InChI is InChI=1S/C18H24N6/c1-16-19-5-7-23(16)13-12-21-8-10-22(11-9-21)14-17-15-24-6-3-2-4-18(24)20-17/h2-7,15H,8-14H2,1H3. The van der Waals surface area contributed by atoms with Crippen LogP contribution in [0.1, 0.15) is 11.5 Å². The molecule has 1 saturated heterocycles. The Labute approximate surface area is 142 Å². The van der Waals surface area contributed by atoms with Crippen LogP contribution in [0.2, 0.25) is 0 Å². The van der Waals surface area contributed by atoms with Gasteiger partial charge in [-0.3, -0.25) is 9.80 Å². The molecule has 0 aromatic carbocycles. The first-order chi connectivity index (χ1) is 11.8. The fraction of sp³-hybridized carbons (Fsp3) is 0.444. The van der Waals surface area contributed by atoms with Gasteiger partial charge in [-0.1, -0.05) is 6.07 Å². The Bertz CT molecular complexity index is 764. The lowest BCUT2D eigenvalue weighted by atomic mass is 10.3. The molecule has 4 rings (SSSR count). The van der Waals surface area contributed by atoms with Crippen LogP contribution in [0.4, 0.5) is 0 Å². The Morgan fingerprint density at radius 2 is 1.83 bits per heavy atom. The molecule has 1 aliphatic heterocycles. The smallest absolute Gasteiger partial charge is 0.137 e. The van der Waals surface area contributed by atoms with E-state index >= 15 is 0 Å². The van der Waals surface area contributed by atoms with Crippen LogP contribution in [-0.2, 0) is 13.1 Å². The minimum Gasteiger partial charge on any atom is -0.334 e. The van der Waals surface area contributed by atoms with E-state index in [0.717, 1.165) is 63.0 Å². The van der Waals surface area contributed by atoms with Crippen molar-refractivity contribution >= 4 is 5.65 Å². The molecule has 0 amide bonds. The van der Waals surface area contributed by atoms with E-state index in [1.807, 2.05) is 18.3 Å². The number of aryl methyl sites for hydroxylation is 1. The highest BCUT2D eigenvalue weighted by atomic mass is 15.3. The molecule has 24 heavy (non-hydrogen) atoms. The van der Waals surface area contributed by atoms with Crippen LogP contribution in [0.5, 0.6) is 0 Å². The van der Waals surface area contributed by atoms with E-state index in [-0.39, 0.29) is 0 Å². The zero-order chi connectivity index (χ0) is 16.4. The summed E-state index contributed by atoms with van der Waals surface area (Å²) in [6, 6.07) is 6.13. The largest absolute Gasteiger partial charge is 0.334 e. The van der Waals surface area contributed by atoms with Crippen LogP contribution >= 0.6 is 0 Å². The molecular formula is C18H24N6. The molecule has 3 aromatic rings. The van der Waals surface area contributed by atoms with E-state index in [0.29, 0.717) is 0 Å². The van der Waals surface area contributed by atoms with E-state index in [1.165, 1.54) is 0 Å². The van der Waals surface area contributed by atoms with Gasteiger partial charge in [0.05, 0.1) is 5.69 Å². The first kappa shape index (κ1) is 15.4. The van der Waals surface area contributed by atoms with Gasteiger partial charge in [0.1, 0.15) is 11.5 Å². The van der Waals surface area contributed by atoms with Gasteiger partial charge < -0.3 is 8.97 Å². The second-order valence-corrected chi connectivity index (χ2v) is 6.48. The van der Waals surface area contributed by atoms with E-state index in [1.54, 1.807) is 0 Å². The van der Waals surface area contributed by atoms with Crippen molar-refractivity contribution in [3.8, 4) is 0 Å². The number of aromatic nitrogens is 4. The van der Waals surface area contributed by atoms with Crippen molar-refractivity contribution in [1.82, 2.24) is 28.7 Å². The molecule has 0 radical (unpaired) electrons. The van der Waals surface area contributed by atoms with Gasteiger partial charge in [-0.15, -0.1) is 0 Å². The Hall–Kier alpha value is -2.18. The molecule has 3 aromatic heterocycles. The zero-order valence-corrected chi connectivity index (χ0v) is 14.2. The molecule has 0 N–H and O–H groups in total. The molecule has 0 bridgehead atoms. The number of nitrogens with zero attached hydrogens (tertiary/aromatic N) is 6. The summed E-state index contributed by atoms with van der Waals surface area (Å²) >= 11 is 0. The van der Waals surface area contributed by atoms with Crippen molar-refractivity contribution in [2.24, 2.45) is 0 Å². The second kappa shape index (κ2) is 6.75. The Morgan fingerprint density at radius 3 is 2.58 bits per heavy atom. The molecule has 0 atom stereocenters. The summed E-state index contributed by atoms with van der Waals surface area (Å²) in [5.41, 5.74) is 2.19. The number of imidazole rings is 2. The lowest BCUT2D eigenvalue weighted by Crippen LogP contribution is -2.46. The SMILES string of the molecule is Cc1nccn1CCN1CCN(Cc2cn3ccccc3n2)CC1. The molecule has 1 aliphatic rings. The lowest BCUT2D eigenvalue weighted by Gasteiger charge is -2.34. The lowest BCUT2D eigenvalue weighted by molar-refractivity contribution is 0.123. The van der Waals surface area contributed by atoms with Crippen LogP contribution in [-0.4, -0.2) is 61.5 Å². The van der Waals surface area contributed by atoms with Gasteiger partial charge in [0.15, 0.2) is 0 Å². The number of rotatable bonds is 5. The maximum absolute atomic E-state index is 4.70. The van der Waals surface area contributed by atoms with Gasteiger partial charge in [-0.2, -0.15) is 0 Å². The summed E-state index contributed by atoms with van der Waals surface area (Å²) in [5.74, 6) is 1.10. The molecule has 126 valence electrons. The highest BCUT2D eigenvalue weighted by molar-refractivity contribution is 5.39. The number of fused-ring (bicyclic) bond motifs is 1. The maximum Gasteiger partial charge on any atom is 0.137 e. The van der Waals surface area contributed by atoms with Crippen molar-refractivity contribution in [3.63, 3.8) is 0 Å². The summed E-state index contributed by atoms with van der Waals surface area (Å²) in [5, 5.41) is 0. The van der Waals surface area contributed by atoms with Gasteiger partial charge in [-0.05, 0) is 19.1 Å². The van der Waals surface area contributed by atoms with Crippen LogP contribution in [0.3, 0.4) is 0 Å². The highest BCUT2D eigenvalue weighted by Gasteiger charge is 2.17. The summed E-state index contributed by atoms with van der Waals surface area (Å²) in [6.07, 6.45) is 8.14. The number of pyridine rings is 1. The zero-order valence-electron chi connectivity index (χ0n) is 14.2. The molecule has 0 spiro atoms. The quantitative estimate of drug-likeness (QED) is 0.716. The van der Waals surface area contributed by atoms with Crippen LogP contribution in [0, 0.1) is 6.92 Å². The average Bonchev–Trinajstić information content (AvgIpc) is 3.19. The molecule has 4 heterocycles. The van der Waals surface area contributed by atoms with Crippen molar-refractivity contribution in [2.75, 3.05) is 32.7 Å². The molecular weight excluding hydrogens is 300 g/mol. The third kappa shape index (κ3) is 3.34. The van der Waals surface area contributed by atoms with Gasteiger partial charge in [0.2, 0.25) is 0 Å². The Morgan fingerprint density at radius 1 is 1.00 bits per heavy atom. The average molecular weight is 324 g/mol. The first-order valence-corrected chi connectivity index (χ1v) is 8.63. The third-order valence-electron chi connectivity index (χ3n) is 4.85. The molecule has 1 fully saturated rings. The van der Waals surface area contributed by atoms with Gasteiger partial charge in [0, 0.05) is 70.6 Å². The molecule has 6 nitrogen and oxygen atoms in total. The summed E-state index contributed by atoms with van der Waals surface area (Å²) in [7, 11) is 0. The van der Waals surface area contributed by atoms with E-state index < -0.39 is 0 Å². The molecule has 0 saturated carbocycles. The third-order valence-corrected chi connectivity index (χ3v) is 4.85. The molecule has 0 unspecified atom stereocenters. The number of hydrogen-bond acceptors (Lipinski definition) is 4. The fourth-order valence-corrected chi connectivity index (χ4v) is 3.35. The number of piperazine rings is 1. The van der Waals surface area contributed by atoms with E-state index in [2.05, 4.69) is 55.3 Å². The Balaban J connectivity index is 1.27. The van der Waals surface area contributed by atoms with E-state index in [4.69, 9.17) is 4.98 Å². The van der Waals surface area contributed by atoms with Gasteiger partial charge in [-0.25, -0.2) is 9.97 Å². The van der Waals surface area contributed by atoms with Crippen molar-refractivity contribution in [1.29, 1.82) is 0 Å². The fourth-order valence-electron chi connectivity index (χ4n) is 3.35. The number of hydrogen-bond donors (Lipinski definition) is 0. The predicted molar refractivity (Wildman–Crippen MR) is 93.9 cm³/mol. The summed E-state index contributed by atoms with van der Waals surface area (Å²) in [4.78, 5) is 14.0. The van der Waals surface area contributed by atoms with Crippen molar-refractivity contribution < 1.29 is 0 Å². The second-order valence-electron chi connectivity index (χ2n) is 6.48.